The lowest BCUT2D eigenvalue weighted by molar-refractivity contribution is 0.0550. The van der Waals surface area contributed by atoms with Gasteiger partial charge in [-0.15, -0.1) is 10.2 Å². The van der Waals surface area contributed by atoms with Crippen molar-refractivity contribution >= 4 is 22.2 Å². The number of aliphatic hydroxyl groups is 1. The number of carbonyl (C=O) groups is 1. The third kappa shape index (κ3) is 2.02. The number of piperidine rings is 1. The molecule has 1 fully saturated rings. The third-order valence-corrected chi connectivity index (χ3v) is 4.72. The Kier molecular flexibility index (Phi) is 3.02. The number of amides is 1. The molecule has 7 heteroatoms. The molecule has 0 spiro atoms. The Labute approximate surface area is 114 Å². The number of aliphatic hydroxyl groups excluding tert-OH is 1. The van der Waals surface area contributed by atoms with Crippen LogP contribution in [0.1, 0.15) is 34.0 Å². The maximum atomic E-state index is 12.5. The van der Waals surface area contributed by atoms with Crippen LogP contribution in [-0.2, 0) is 0 Å². The van der Waals surface area contributed by atoms with Crippen molar-refractivity contribution in [3.8, 4) is 0 Å². The second-order valence-corrected chi connectivity index (χ2v) is 5.88. The van der Waals surface area contributed by atoms with Crippen LogP contribution >= 0.6 is 11.3 Å². The van der Waals surface area contributed by atoms with Crippen molar-refractivity contribution in [3.05, 3.63) is 16.4 Å². The monoisotopic (exact) mass is 280 g/mol. The first-order chi connectivity index (χ1) is 9.08. The molecule has 0 unspecified atom stereocenters. The van der Waals surface area contributed by atoms with Crippen LogP contribution in [0.3, 0.4) is 0 Å². The molecule has 1 aliphatic rings. The summed E-state index contributed by atoms with van der Waals surface area (Å²) in [5.74, 6) is 0.844. The molecule has 0 radical (unpaired) electrons. The predicted octanol–water partition coefficient (Wildman–Crippen LogP) is 1.00. The Bertz CT molecular complexity index is 625. The van der Waals surface area contributed by atoms with E-state index < -0.39 is 0 Å². The minimum atomic E-state index is -0.266. The Morgan fingerprint density at radius 2 is 2.00 bits per heavy atom. The molecule has 0 aromatic carbocycles. The number of carbonyl (C=O) groups excluding carboxylic acids is 1. The normalized spacial score (nSPS) is 17.3. The lowest BCUT2D eigenvalue weighted by Crippen LogP contribution is -2.40. The van der Waals surface area contributed by atoms with E-state index in [1.165, 1.54) is 11.3 Å². The minimum absolute atomic E-state index is 0.0410. The lowest BCUT2D eigenvalue weighted by Gasteiger charge is -2.29. The van der Waals surface area contributed by atoms with Crippen molar-refractivity contribution in [1.82, 2.24) is 19.5 Å². The van der Waals surface area contributed by atoms with Crippen molar-refractivity contribution in [2.45, 2.75) is 32.8 Å². The summed E-state index contributed by atoms with van der Waals surface area (Å²) in [6, 6.07) is 0. The van der Waals surface area contributed by atoms with Crippen LogP contribution in [0, 0.1) is 13.8 Å². The number of aryl methyl sites for hydroxylation is 2. The van der Waals surface area contributed by atoms with Gasteiger partial charge in [-0.05, 0) is 26.7 Å². The number of nitrogens with zero attached hydrogens (tertiary/aromatic N) is 4. The summed E-state index contributed by atoms with van der Waals surface area (Å²) >= 11 is 1.38. The molecule has 102 valence electrons. The Morgan fingerprint density at radius 1 is 1.32 bits per heavy atom. The van der Waals surface area contributed by atoms with E-state index in [4.69, 9.17) is 0 Å². The summed E-state index contributed by atoms with van der Waals surface area (Å²) in [4.78, 5) is 15.8. The van der Waals surface area contributed by atoms with Crippen molar-refractivity contribution in [3.63, 3.8) is 0 Å². The van der Waals surface area contributed by atoms with Gasteiger partial charge in [0.1, 0.15) is 10.7 Å². The molecule has 1 aliphatic heterocycles. The number of thiazole rings is 1. The number of fused-ring (bicyclic) bond motifs is 1. The molecule has 2 aromatic heterocycles. The summed E-state index contributed by atoms with van der Waals surface area (Å²) in [6.45, 7) is 5.05. The van der Waals surface area contributed by atoms with Gasteiger partial charge in [0.2, 0.25) is 4.96 Å². The topological polar surface area (TPSA) is 70.7 Å². The summed E-state index contributed by atoms with van der Waals surface area (Å²) in [5, 5.41) is 17.6. The largest absolute Gasteiger partial charge is 0.393 e. The van der Waals surface area contributed by atoms with Crippen LogP contribution in [0.25, 0.3) is 4.96 Å². The van der Waals surface area contributed by atoms with E-state index in [0.29, 0.717) is 25.9 Å². The summed E-state index contributed by atoms with van der Waals surface area (Å²) in [7, 11) is 0. The van der Waals surface area contributed by atoms with Crippen LogP contribution in [0.5, 0.6) is 0 Å². The summed E-state index contributed by atoms with van der Waals surface area (Å²) in [6.07, 6.45) is 1.05. The molecule has 1 saturated heterocycles. The van der Waals surface area contributed by atoms with Crippen LogP contribution in [0.15, 0.2) is 0 Å². The molecule has 0 aliphatic carbocycles. The fraction of sp³-hybridized carbons (Fsp3) is 0.583. The molecule has 2 aromatic rings. The highest BCUT2D eigenvalue weighted by atomic mass is 32.1. The van der Waals surface area contributed by atoms with Crippen LogP contribution in [-0.4, -0.2) is 49.7 Å². The maximum Gasteiger partial charge on any atom is 0.265 e. The van der Waals surface area contributed by atoms with Crippen LogP contribution < -0.4 is 0 Å². The highest BCUT2D eigenvalue weighted by Crippen LogP contribution is 2.25. The van der Waals surface area contributed by atoms with Gasteiger partial charge >= 0.3 is 0 Å². The Hall–Kier alpha value is -1.47. The summed E-state index contributed by atoms with van der Waals surface area (Å²) in [5.41, 5.74) is 0.902. The molecule has 0 atom stereocenters. The van der Waals surface area contributed by atoms with Gasteiger partial charge in [0.25, 0.3) is 5.91 Å². The number of aromatic nitrogens is 3. The minimum Gasteiger partial charge on any atom is -0.393 e. The quantitative estimate of drug-likeness (QED) is 0.846. The van der Waals surface area contributed by atoms with E-state index in [1.807, 2.05) is 23.1 Å². The highest BCUT2D eigenvalue weighted by Gasteiger charge is 2.26. The van der Waals surface area contributed by atoms with Crippen molar-refractivity contribution in [1.29, 1.82) is 0 Å². The van der Waals surface area contributed by atoms with E-state index in [1.54, 1.807) is 0 Å². The number of hydrogen-bond donors (Lipinski definition) is 1. The van der Waals surface area contributed by atoms with Gasteiger partial charge in [0.05, 0.1) is 6.10 Å². The number of likely N-dealkylation sites (tertiary alicyclic amines) is 1. The maximum absolute atomic E-state index is 12.5. The molecule has 3 heterocycles. The van der Waals surface area contributed by atoms with E-state index in [2.05, 4.69) is 10.2 Å². The molecule has 0 bridgehead atoms. The molecule has 6 nitrogen and oxygen atoms in total. The number of hydrogen-bond acceptors (Lipinski definition) is 5. The van der Waals surface area contributed by atoms with Gasteiger partial charge in [-0.1, -0.05) is 11.3 Å². The van der Waals surface area contributed by atoms with Gasteiger partial charge in [0.15, 0.2) is 0 Å². The molecule has 3 rings (SSSR count). The Morgan fingerprint density at radius 3 is 2.63 bits per heavy atom. The Balaban J connectivity index is 1.91. The first kappa shape index (κ1) is 12.6. The van der Waals surface area contributed by atoms with Crippen LogP contribution in [0.2, 0.25) is 0 Å². The molecule has 19 heavy (non-hydrogen) atoms. The first-order valence-corrected chi connectivity index (χ1v) is 7.18. The lowest BCUT2D eigenvalue weighted by atomic mass is 10.1. The van der Waals surface area contributed by atoms with Crippen molar-refractivity contribution < 1.29 is 9.90 Å². The van der Waals surface area contributed by atoms with Crippen molar-refractivity contribution in [2.24, 2.45) is 0 Å². The molecular weight excluding hydrogens is 264 g/mol. The van der Waals surface area contributed by atoms with E-state index in [-0.39, 0.29) is 12.0 Å². The SMILES string of the molecule is Cc1nnc2sc(C(=O)N3CCC(O)CC3)c(C)n12. The van der Waals surface area contributed by atoms with E-state index in [9.17, 15) is 9.90 Å². The molecule has 0 saturated carbocycles. The molecule has 1 N–H and O–H groups in total. The van der Waals surface area contributed by atoms with E-state index in [0.717, 1.165) is 21.4 Å². The van der Waals surface area contributed by atoms with Gasteiger partial charge in [0, 0.05) is 18.8 Å². The fourth-order valence-electron chi connectivity index (χ4n) is 2.47. The highest BCUT2D eigenvalue weighted by molar-refractivity contribution is 7.19. The zero-order valence-corrected chi connectivity index (χ0v) is 11.8. The van der Waals surface area contributed by atoms with Crippen molar-refractivity contribution in [2.75, 3.05) is 13.1 Å². The van der Waals surface area contributed by atoms with Gasteiger partial charge in [-0.2, -0.15) is 0 Å². The molecule has 1 amide bonds. The standard InChI is InChI=1S/C12H16N4O2S/c1-7-10(19-12-14-13-8(2)16(7)12)11(18)15-5-3-9(17)4-6-15/h9,17H,3-6H2,1-2H3. The van der Waals surface area contributed by atoms with Gasteiger partial charge < -0.3 is 10.0 Å². The fourth-order valence-corrected chi connectivity index (χ4v) is 3.55. The van der Waals surface area contributed by atoms with Gasteiger partial charge in [-0.25, -0.2) is 0 Å². The van der Waals surface area contributed by atoms with E-state index >= 15 is 0 Å². The summed E-state index contributed by atoms with van der Waals surface area (Å²) < 4.78 is 1.91. The average molecular weight is 280 g/mol. The second-order valence-electron chi connectivity index (χ2n) is 4.91. The zero-order valence-electron chi connectivity index (χ0n) is 11.0. The first-order valence-electron chi connectivity index (χ1n) is 6.36. The predicted molar refractivity (Wildman–Crippen MR) is 71.5 cm³/mol. The second kappa shape index (κ2) is 4.57. The van der Waals surface area contributed by atoms with Crippen LogP contribution in [0.4, 0.5) is 0 Å². The molecular formula is C12H16N4O2S. The van der Waals surface area contributed by atoms with Gasteiger partial charge in [-0.3, -0.25) is 9.20 Å². The zero-order chi connectivity index (χ0) is 13.6. The average Bonchev–Trinajstić information content (AvgIpc) is 2.91. The third-order valence-electron chi connectivity index (χ3n) is 3.60. The smallest absolute Gasteiger partial charge is 0.265 e. The number of rotatable bonds is 1.